The third kappa shape index (κ3) is 5.53. The number of rotatable bonds is 10. The molecule has 0 radical (unpaired) electrons. The van der Waals surface area contributed by atoms with Crippen LogP contribution in [0.25, 0.3) is 0 Å². The number of hydrogen-bond acceptors (Lipinski definition) is 2. The molecule has 0 fully saturated rings. The van der Waals surface area contributed by atoms with Gasteiger partial charge in [0.15, 0.2) is 0 Å². The number of benzene rings is 1. The molecule has 2 atom stereocenters. The zero-order valence-corrected chi connectivity index (χ0v) is 15.4. The van der Waals surface area contributed by atoms with E-state index in [9.17, 15) is 0 Å². The van der Waals surface area contributed by atoms with Crippen molar-refractivity contribution >= 4 is 0 Å². The van der Waals surface area contributed by atoms with Crippen LogP contribution in [0.1, 0.15) is 89.2 Å². The molecule has 0 spiro atoms. The van der Waals surface area contributed by atoms with Gasteiger partial charge in [-0.1, -0.05) is 45.6 Å². The first-order chi connectivity index (χ1) is 11.1. The van der Waals surface area contributed by atoms with E-state index >= 15 is 0 Å². The number of ether oxygens (including phenoxy) is 1. The lowest BCUT2D eigenvalue weighted by Gasteiger charge is -2.27. The molecule has 1 aromatic carbocycles. The normalized spacial score (nSPS) is 19.4. The van der Waals surface area contributed by atoms with E-state index < -0.39 is 0 Å². The molecule has 1 aromatic rings. The topological polar surface area (TPSA) is 35.2 Å². The molecule has 23 heavy (non-hydrogen) atoms. The molecule has 0 aliphatic heterocycles. The SMILES string of the molecule is CCCCCCCOc1ccc2c(c1)CC[C@@H]2C[C@@](C)(N)CC. The first kappa shape index (κ1) is 18.3. The molecule has 2 N–H and O–H groups in total. The largest absolute Gasteiger partial charge is 0.494 e. The molecule has 0 amide bonds. The fourth-order valence-electron chi connectivity index (χ4n) is 3.59. The Kier molecular flexibility index (Phi) is 6.95. The lowest BCUT2D eigenvalue weighted by atomic mass is 9.85. The second-order valence-electron chi connectivity index (χ2n) is 7.57. The van der Waals surface area contributed by atoms with Crippen LogP contribution in [0.2, 0.25) is 0 Å². The summed E-state index contributed by atoms with van der Waals surface area (Å²) in [7, 11) is 0. The maximum absolute atomic E-state index is 6.37. The molecule has 0 bridgehead atoms. The fraction of sp³-hybridized carbons (Fsp3) is 0.714. The Hall–Kier alpha value is -1.02. The van der Waals surface area contributed by atoms with Crippen molar-refractivity contribution < 1.29 is 4.74 Å². The number of fused-ring (bicyclic) bond motifs is 1. The van der Waals surface area contributed by atoms with Crippen molar-refractivity contribution in [3.05, 3.63) is 29.3 Å². The van der Waals surface area contributed by atoms with Gasteiger partial charge >= 0.3 is 0 Å². The zero-order valence-electron chi connectivity index (χ0n) is 15.4. The minimum atomic E-state index is -0.0417. The highest BCUT2D eigenvalue weighted by Crippen LogP contribution is 2.39. The first-order valence-corrected chi connectivity index (χ1v) is 9.60. The van der Waals surface area contributed by atoms with E-state index in [0.29, 0.717) is 5.92 Å². The molecule has 2 rings (SSSR count). The van der Waals surface area contributed by atoms with Gasteiger partial charge in [0.05, 0.1) is 6.61 Å². The van der Waals surface area contributed by atoms with Gasteiger partial charge in [0, 0.05) is 5.54 Å². The van der Waals surface area contributed by atoms with E-state index in [4.69, 9.17) is 10.5 Å². The van der Waals surface area contributed by atoms with Gasteiger partial charge in [0.1, 0.15) is 5.75 Å². The molecule has 0 aromatic heterocycles. The van der Waals surface area contributed by atoms with Crippen molar-refractivity contribution in [2.45, 2.75) is 90.0 Å². The van der Waals surface area contributed by atoms with Crippen molar-refractivity contribution in [2.24, 2.45) is 5.73 Å². The monoisotopic (exact) mass is 317 g/mol. The van der Waals surface area contributed by atoms with Crippen LogP contribution in [0.3, 0.4) is 0 Å². The van der Waals surface area contributed by atoms with Crippen LogP contribution in [0, 0.1) is 0 Å². The minimum absolute atomic E-state index is 0.0417. The second-order valence-corrected chi connectivity index (χ2v) is 7.57. The lowest BCUT2D eigenvalue weighted by Crippen LogP contribution is -2.36. The first-order valence-electron chi connectivity index (χ1n) is 9.60. The predicted molar refractivity (Wildman–Crippen MR) is 99.3 cm³/mol. The van der Waals surface area contributed by atoms with Gasteiger partial charge in [-0.05, 0) is 68.2 Å². The average Bonchev–Trinajstić information content (AvgIpc) is 2.92. The standard InChI is InChI=1S/C21H35NO/c1-4-6-7-8-9-14-23-19-12-13-20-17(15-19)10-11-18(20)16-21(3,22)5-2/h12-13,15,18H,4-11,14,16,22H2,1-3H3/t18-,21+/m1/s1. The minimum Gasteiger partial charge on any atom is -0.494 e. The van der Waals surface area contributed by atoms with Crippen molar-refractivity contribution in [1.29, 1.82) is 0 Å². The number of unbranched alkanes of at least 4 members (excludes halogenated alkanes) is 4. The fourth-order valence-corrected chi connectivity index (χ4v) is 3.59. The molecule has 2 nitrogen and oxygen atoms in total. The zero-order chi connectivity index (χ0) is 16.7. The van der Waals surface area contributed by atoms with E-state index in [1.54, 1.807) is 0 Å². The second kappa shape index (κ2) is 8.73. The van der Waals surface area contributed by atoms with Gasteiger partial charge in [0.2, 0.25) is 0 Å². The predicted octanol–water partition coefficient (Wildman–Crippen LogP) is 5.58. The summed E-state index contributed by atoms with van der Waals surface area (Å²) in [6.45, 7) is 7.47. The quantitative estimate of drug-likeness (QED) is 0.571. The molecule has 130 valence electrons. The van der Waals surface area contributed by atoms with E-state index in [2.05, 4.69) is 39.0 Å². The van der Waals surface area contributed by atoms with Crippen LogP contribution in [-0.2, 0) is 6.42 Å². The summed E-state index contributed by atoms with van der Waals surface area (Å²) >= 11 is 0. The molecule has 1 aliphatic carbocycles. The van der Waals surface area contributed by atoms with Crippen LogP contribution in [0.5, 0.6) is 5.75 Å². The Morgan fingerprint density at radius 2 is 1.96 bits per heavy atom. The van der Waals surface area contributed by atoms with Gasteiger partial charge in [-0.2, -0.15) is 0 Å². The molecular formula is C21H35NO. The molecule has 2 heteroatoms. The summed E-state index contributed by atoms with van der Waals surface area (Å²) in [5.41, 5.74) is 9.31. The summed E-state index contributed by atoms with van der Waals surface area (Å²) < 4.78 is 5.94. The van der Waals surface area contributed by atoms with Gasteiger partial charge in [-0.15, -0.1) is 0 Å². The van der Waals surface area contributed by atoms with E-state index in [-0.39, 0.29) is 5.54 Å². The molecule has 1 aliphatic rings. The van der Waals surface area contributed by atoms with Crippen molar-refractivity contribution in [2.75, 3.05) is 6.61 Å². The van der Waals surface area contributed by atoms with Crippen molar-refractivity contribution in [3.63, 3.8) is 0 Å². The summed E-state index contributed by atoms with van der Waals surface area (Å²) in [6, 6.07) is 6.70. The number of hydrogen-bond donors (Lipinski definition) is 1. The van der Waals surface area contributed by atoms with E-state index in [0.717, 1.165) is 25.2 Å². The van der Waals surface area contributed by atoms with Gasteiger partial charge in [-0.3, -0.25) is 0 Å². The third-order valence-electron chi connectivity index (χ3n) is 5.35. The van der Waals surface area contributed by atoms with Gasteiger partial charge in [0.25, 0.3) is 0 Å². The van der Waals surface area contributed by atoms with Gasteiger partial charge < -0.3 is 10.5 Å². The molecular weight excluding hydrogens is 282 g/mol. The van der Waals surface area contributed by atoms with Crippen molar-refractivity contribution in [1.82, 2.24) is 0 Å². The van der Waals surface area contributed by atoms with Crippen LogP contribution < -0.4 is 10.5 Å². The summed E-state index contributed by atoms with van der Waals surface area (Å²) in [5, 5.41) is 0. The Morgan fingerprint density at radius 3 is 2.70 bits per heavy atom. The lowest BCUT2D eigenvalue weighted by molar-refractivity contribution is 0.304. The molecule has 0 heterocycles. The van der Waals surface area contributed by atoms with Crippen LogP contribution in [-0.4, -0.2) is 12.1 Å². The Morgan fingerprint density at radius 1 is 1.17 bits per heavy atom. The Balaban J connectivity index is 1.84. The Bertz CT molecular complexity index is 481. The summed E-state index contributed by atoms with van der Waals surface area (Å²) in [6.07, 6.45) is 11.0. The van der Waals surface area contributed by atoms with Gasteiger partial charge in [-0.25, -0.2) is 0 Å². The maximum atomic E-state index is 6.37. The molecule has 0 saturated heterocycles. The highest BCUT2D eigenvalue weighted by atomic mass is 16.5. The van der Waals surface area contributed by atoms with Crippen molar-refractivity contribution in [3.8, 4) is 5.75 Å². The third-order valence-corrected chi connectivity index (χ3v) is 5.35. The average molecular weight is 318 g/mol. The maximum Gasteiger partial charge on any atom is 0.119 e. The summed E-state index contributed by atoms with van der Waals surface area (Å²) in [5.74, 6) is 1.67. The molecule has 0 unspecified atom stereocenters. The number of aryl methyl sites for hydroxylation is 1. The van der Waals surface area contributed by atoms with Crippen LogP contribution in [0.15, 0.2) is 18.2 Å². The molecule has 0 saturated carbocycles. The van der Waals surface area contributed by atoms with E-state index in [1.165, 1.54) is 56.1 Å². The smallest absolute Gasteiger partial charge is 0.119 e. The van der Waals surface area contributed by atoms with Crippen LogP contribution in [0.4, 0.5) is 0 Å². The van der Waals surface area contributed by atoms with Crippen LogP contribution >= 0.6 is 0 Å². The summed E-state index contributed by atoms with van der Waals surface area (Å²) in [4.78, 5) is 0. The van der Waals surface area contributed by atoms with E-state index in [1.807, 2.05) is 0 Å². The highest BCUT2D eigenvalue weighted by Gasteiger charge is 2.28. The number of nitrogens with two attached hydrogens (primary N) is 1. The Labute approximate surface area is 142 Å². The highest BCUT2D eigenvalue weighted by molar-refractivity contribution is 5.41.